The van der Waals surface area contributed by atoms with E-state index in [0.29, 0.717) is 0 Å². The maximum atomic E-state index is 10.6. The van der Waals surface area contributed by atoms with Crippen molar-refractivity contribution in [3.8, 4) is 0 Å². The average molecular weight is 173 g/mol. The van der Waals surface area contributed by atoms with Gasteiger partial charge in [-0.2, -0.15) is 0 Å². The lowest BCUT2D eigenvalue weighted by Gasteiger charge is -1.98. The molecule has 0 aliphatic heterocycles. The molecule has 13 heavy (non-hydrogen) atoms. The van der Waals surface area contributed by atoms with Crippen LogP contribution in [0.3, 0.4) is 0 Å². The van der Waals surface area contributed by atoms with E-state index >= 15 is 0 Å². The molecule has 0 aliphatic rings. The Balaban J connectivity index is 2.81. The van der Waals surface area contributed by atoms with Crippen molar-refractivity contribution in [1.82, 2.24) is 4.57 Å². The van der Waals surface area contributed by atoms with E-state index < -0.39 is 0 Å². The highest BCUT2D eigenvalue weighted by molar-refractivity contribution is 5.87. The number of carbonyl (C=O) groups is 1. The Hall–Kier alpha value is -1.57. The maximum absolute atomic E-state index is 10.6. The second-order valence-electron chi connectivity index (χ2n) is 3.28. The van der Waals surface area contributed by atoms with Crippen LogP contribution in [-0.2, 0) is 7.05 Å². The van der Waals surface area contributed by atoms with Crippen molar-refractivity contribution < 1.29 is 4.79 Å². The molecule has 0 atom stereocenters. The van der Waals surface area contributed by atoms with Gasteiger partial charge in [0.05, 0.1) is 0 Å². The van der Waals surface area contributed by atoms with Gasteiger partial charge in [0.15, 0.2) is 0 Å². The molecule has 0 amide bonds. The Morgan fingerprint density at radius 1 is 1.31 bits per heavy atom. The highest BCUT2D eigenvalue weighted by Gasteiger charge is 2.01. The number of rotatable bonds is 1. The first-order valence-corrected chi connectivity index (χ1v) is 4.23. The summed E-state index contributed by atoms with van der Waals surface area (Å²) < 4.78 is 2.09. The minimum absolute atomic E-state index is 0.730. The van der Waals surface area contributed by atoms with Crippen molar-refractivity contribution >= 4 is 17.2 Å². The predicted octanol–water partition coefficient (Wildman–Crippen LogP) is 2.30. The van der Waals surface area contributed by atoms with Crippen LogP contribution in [0.1, 0.15) is 16.1 Å². The topological polar surface area (TPSA) is 22.0 Å². The first-order valence-electron chi connectivity index (χ1n) is 4.23. The van der Waals surface area contributed by atoms with Gasteiger partial charge < -0.3 is 4.57 Å². The fraction of sp³-hybridized carbons (Fsp3) is 0.182. The van der Waals surface area contributed by atoms with Crippen molar-refractivity contribution in [3.63, 3.8) is 0 Å². The zero-order chi connectivity index (χ0) is 9.42. The Morgan fingerprint density at radius 2 is 2.08 bits per heavy atom. The molecular weight excluding hydrogens is 162 g/mol. The minimum atomic E-state index is 0.730. The first-order chi connectivity index (χ1) is 6.22. The van der Waals surface area contributed by atoms with Crippen molar-refractivity contribution in [2.45, 2.75) is 6.92 Å². The van der Waals surface area contributed by atoms with E-state index in [1.165, 1.54) is 11.1 Å². The van der Waals surface area contributed by atoms with Gasteiger partial charge in [-0.3, -0.25) is 4.79 Å². The van der Waals surface area contributed by atoms with E-state index in [9.17, 15) is 4.79 Å². The summed E-state index contributed by atoms with van der Waals surface area (Å²) in [7, 11) is 2.01. The van der Waals surface area contributed by atoms with Crippen molar-refractivity contribution in [2.24, 2.45) is 7.05 Å². The second kappa shape index (κ2) is 2.73. The number of aldehydes is 1. The van der Waals surface area contributed by atoms with Crippen LogP contribution in [0.5, 0.6) is 0 Å². The molecule has 0 fully saturated rings. The van der Waals surface area contributed by atoms with E-state index in [1.807, 2.05) is 25.2 Å². The molecule has 2 rings (SSSR count). The fourth-order valence-electron chi connectivity index (χ4n) is 1.56. The molecule has 1 aromatic heterocycles. The number of aromatic nitrogens is 1. The quantitative estimate of drug-likeness (QED) is 0.606. The smallest absolute Gasteiger partial charge is 0.150 e. The molecule has 2 nitrogen and oxygen atoms in total. The summed E-state index contributed by atoms with van der Waals surface area (Å²) in [5.74, 6) is 0. The zero-order valence-corrected chi connectivity index (χ0v) is 7.74. The highest BCUT2D eigenvalue weighted by Crippen LogP contribution is 2.18. The summed E-state index contributed by atoms with van der Waals surface area (Å²) in [6, 6.07) is 7.85. The van der Waals surface area contributed by atoms with Gasteiger partial charge in [-0.05, 0) is 24.4 Å². The number of carbonyl (C=O) groups excluding carboxylic acids is 1. The maximum Gasteiger partial charge on any atom is 0.150 e. The van der Waals surface area contributed by atoms with E-state index in [4.69, 9.17) is 0 Å². The molecule has 1 aromatic carbocycles. The van der Waals surface area contributed by atoms with Gasteiger partial charge in [-0.25, -0.2) is 0 Å². The van der Waals surface area contributed by atoms with Crippen LogP contribution in [0, 0.1) is 6.92 Å². The van der Waals surface area contributed by atoms with Gasteiger partial charge in [0.2, 0.25) is 0 Å². The van der Waals surface area contributed by atoms with Gasteiger partial charge in [-0.15, -0.1) is 0 Å². The minimum Gasteiger partial charge on any atom is -0.348 e. The SMILES string of the molecule is Cc1cc2ccc(C=O)cc2n1C. The van der Waals surface area contributed by atoms with Gasteiger partial charge in [0.25, 0.3) is 0 Å². The van der Waals surface area contributed by atoms with E-state index in [0.717, 1.165) is 17.4 Å². The van der Waals surface area contributed by atoms with Crippen LogP contribution < -0.4 is 0 Å². The molecule has 66 valence electrons. The lowest BCUT2D eigenvalue weighted by Crippen LogP contribution is -1.90. The molecule has 0 spiro atoms. The average Bonchev–Trinajstić information content (AvgIpc) is 2.43. The molecule has 0 bridgehead atoms. The van der Waals surface area contributed by atoms with Crippen molar-refractivity contribution in [3.05, 3.63) is 35.5 Å². The summed E-state index contributed by atoms with van der Waals surface area (Å²) in [5.41, 5.74) is 3.05. The standard InChI is InChI=1S/C11H11NO/c1-8-5-10-4-3-9(7-13)6-11(10)12(8)2/h3-7H,1-2H3. The monoisotopic (exact) mass is 173 g/mol. The Morgan fingerprint density at radius 3 is 2.77 bits per heavy atom. The van der Waals surface area contributed by atoms with Crippen LogP contribution in [0.25, 0.3) is 10.9 Å². The third-order valence-electron chi connectivity index (χ3n) is 2.45. The zero-order valence-electron chi connectivity index (χ0n) is 7.74. The lowest BCUT2D eigenvalue weighted by molar-refractivity contribution is 0.112. The Bertz CT molecular complexity index is 468. The van der Waals surface area contributed by atoms with E-state index in [-0.39, 0.29) is 0 Å². The molecule has 2 aromatic rings. The van der Waals surface area contributed by atoms with Gasteiger partial charge >= 0.3 is 0 Å². The van der Waals surface area contributed by atoms with Crippen molar-refractivity contribution in [2.75, 3.05) is 0 Å². The summed E-state index contributed by atoms with van der Waals surface area (Å²) in [4.78, 5) is 10.6. The number of fused-ring (bicyclic) bond motifs is 1. The summed E-state index contributed by atoms with van der Waals surface area (Å²) >= 11 is 0. The van der Waals surface area contributed by atoms with E-state index in [1.54, 1.807) is 0 Å². The largest absolute Gasteiger partial charge is 0.348 e. The number of benzene rings is 1. The number of aryl methyl sites for hydroxylation is 2. The molecule has 1 heterocycles. The fourth-order valence-corrected chi connectivity index (χ4v) is 1.56. The molecule has 0 unspecified atom stereocenters. The Labute approximate surface area is 76.8 Å². The third-order valence-corrected chi connectivity index (χ3v) is 2.45. The van der Waals surface area contributed by atoms with Crippen LogP contribution in [0.4, 0.5) is 0 Å². The third kappa shape index (κ3) is 1.15. The summed E-state index contributed by atoms with van der Waals surface area (Å²) in [6.45, 7) is 2.06. The first kappa shape index (κ1) is 8.05. The summed E-state index contributed by atoms with van der Waals surface area (Å²) in [6.07, 6.45) is 0.877. The number of hydrogen-bond donors (Lipinski definition) is 0. The van der Waals surface area contributed by atoms with Gasteiger partial charge in [-0.1, -0.05) is 12.1 Å². The Kier molecular flexibility index (Phi) is 1.69. The number of hydrogen-bond acceptors (Lipinski definition) is 1. The molecule has 0 aliphatic carbocycles. The van der Waals surface area contributed by atoms with Crippen LogP contribution >= 0.6 is 0 Å². The van der Waals surface area contributed by atoms with Gasteiger partial charge in [0, 0.05) is 23.8 Å². The molecule has 0 radical (unpaired) electrons. The summed E-state index contributed by atoms with van der Waals surface area (Å²) in [5, 5.41) is 1.19. The van der Waals surface area contributed by atoms with Crippen molar-refractivity contribution in [1.29, 1.82) is 0 Å². The van der Waals surface area contributed by atoms with Gasteiger partial charge in [0.1, 0.15) is 6.29 Å². The normalized spacial score (nSPS) is 10.6. The van der Waals surface area contributed by atoms with Crippen LogP contribution in [0.2, 0.25) is 0 Å². The van der Waals surface area contributed by atoms with Crippen LogP contribution in [0.15, 0.2) is 24.3 Å². The molecular formula is C11H11NO. The number of nitrogens with zero attached hydrogens (tertiary/aromatic N) is 1. The van der Waals surface area contributed by atoms with Crippen LogP contribution in [-0.4, -0.2) is 10.9 Å². The highest BCUT2D eigenvalue weighted by atomic mass is 16.1. The molecule has 0 saturated carbocycles. The molecule has 0 saturated heterocycles. The molecule has 2 heteroatoms. The molecule has 0 N–H and O–H groups in total. The second-order valence-corrected chi connectivity index (χ2v) is 3.28. The lowest BCUT2D eigenvalue weighted by atomic mass is 10.2. The predicted molar refractivity (Wildman–Crippen MR) is 53.0 cm³/mol. The van der Waals surface area contributed by atoms with E-state index in [2.05, 4.69) is 17.6 Å².